The van der Waals surface area contributed by atoms with Crippen molar-refractivity contribution in [2.24, 2.45) is 5.92 Å². The van der Waals surface area contributed by atoms with Crippen molar-refractivity contribution >= 4 is 17.5 Å². The monoisotopic (exact) mass is 259 g/mol. The summed E-state index contributed by atoms with van der Waals surface area (Å²) in [5.41, 5.74) is 0. The predicted molar refractivity (Wildman–Crippen MR) is 57.4 cm³/mol. The molecule has 2 nitrogen and oxygen atoms in total. The topological polar surface area (TPSA) is 29.1 Å². The summed E-state index contributed by atoms with van der Waals surface area (Å²) in [7, 11) is 0. The number of carbonyl (C=O) groups is 1. The quantitative estimate of drug-likeness (QED) is 0.730. The highest BCUT2D eigenvalue weighted by Crippen LogP contribution is 2.21. The van der Waals surface area contributed by atoms with Crippen LogP contribution in [0.3, 0.4) is 0 Å². The zero-order valence-corrected chi connectivity index (χ0v) is 10.2. The number of nitrogens with one attached hydrogen (secondary N) is 1. The first-order valence-corrected chi connectivity index (χ1v) is 5.70. The Kier molecular flexibility index (Phi) is 6.79. The fourth-order valence-electron chi connectivity index (χ4n) is 1.28. The largest absolute Gasteiger partial charge is 0.389 e. The molecule has 1 N–H and O–H groups in total. The van der Waals surface area contributed by atoms with Crippen LogP contribution in [0.15, 0.2) is 0 Å². The van der Waals surface area contributed by atoms with Crippen LogP contribution >= 0.6 is 11.6 Å². The van der Waals surface area contributed by atoms with Crippen molar-refractivity contribution in [3.8, 4) is 0 Å². The summed E-state index contributed by atoms with van der Waals surface area (Å²) >= 11 is 5.61. The van der Waals surface area contributed by atoms with Crippen molar-refractivity contribution in [2.45, 2.75) is 45.3 Å². The Morgan fingerprint density at radius 1 is 1.38 bits per heavy atom. The number of alkyl halides is 4. The normalized spacial score (nSPS) is 13.9. The summed E-state index contributed by atoms with van der Waals surface area (Å²) in [5, 5.41) is 2.50. The summed E-state index contributed by atoms with van der Waals surface area (Å²) in [5.74, 6) is -0.0362. The zero-order chi connectivity index (χ0) is 12.8. The standard InChI is InChI=1S/C10H17ClF3NO/c1-7(2)5-8(6-11)15-9(16)3-4-10(12,13)14/h7-8H,3-6H2,1-2H3,(H,15,16). The summed E-state index contributed by atoms with van der Waals surface area (Å²) in [6.07, 6.45) is -5.24. The Hall–Kier alpha value is -0.450. The Labute approximate surface area is 98.5 Å². The van der Waals surface area contributed by atoms with Crippen molar-refractivity contribution in [1.82, 2.24) is 5.32 Å². The molecule has 1 amide bonds. The summed E-state index contributed by atoms with van der Waals surface area (Å²) in [6.45, 7) is 3.92. The Morgan fingerprint density at radius 2 is 1.94 bits per heavy atom. The van der Waals surface area contributed by atoms with Gasteiger partial charge in [-0.1, -0.05) is 13.8 Å². The lowest BCUT2D eigenvalue weighted by Crippen LogP contribution is -2.37. The molecule has 0 aliphatic rings. The lowest BCUT2D eigenvalue weighted by molar-refractivity contribution is -0.144. The van der Waals surface area contributed by atoms with E-state index in [9.17, 15) is 18.0 Å². The van der Waals surface area contributed by atoms with Crippen molar-refractivity contribution in [3.05, 3.63) is 0 Å². The molecule has 0 aliphatic heterocycles. The number of amides is 1. The molecule has 0 bridgehead atoms. The van der Waals surface area contributed by atoms with Crippen molar-refractivity contribution < 1.29 is 18.0 Å². The van der Waals surface area contributed by atoms with E-state index in [1.165, 1.54) is 0 Å². The van der Waals surface area contributed by atoms with Crippen LogP contribution < -0.4 is 5.32 Å². The van der Waals surface area contributed by atoms with Crippen LogP contribution in [0.25, 0.3) is 0 Å². The second-order valence-electron chi connectivity index (χ2n) is 4.16. The molecule has 0 aliphatic carbocycles. The first-order valence-electron chi connectivity index (χ1n) is 5.16. The van der Waals surface area contributed by atoms with E-state index in [1.807, 2.05) is 13.8 Å². The van der Waals surface area contributed by atoms with E-state index in [0.29, 0.717) is 12.3 Å². The molecule has 96 valence electrons. The van der Waals surface area contributed by atoms with Gasteiger partial charge >= 0.3 is 6.18 Å². The Morgan fingerprint density at radius 3 is 2.31 bits per heavy atom. The third-order valence-electron chi connectivity index (χ3n) is 1.94. The molecule has 0 aromatic rings. The van der Waals surface area contributed by atoms with Crippen LogP contribution in [0.5, 0.6) is 0 Å². The maximum absolute atomic E-state index is 11.8. The van der Waals surface area contributed by atoms with Crippen molar-refractivity contribution in [3.63, 3.8) is 0 Å². The number of carbonyl (C=O) groups excluding carboxylic acids is 1. The maximum Gasteiger partial charge on any atom is 0.389 e. The molecule has 0 aromatic heterocycles. The fourth-order valence-corrected chi connectivity index (χ4v) is 1.49. The van der Waals surface area contributed by atoms with Crippen LogP contribution in [0.1, 0.15) is 33.1 Å². The van der Waals surface area contributed by atoms with E-state index in [1.54, 1.807) is 0 Å². The number of rotatable bonds is 6. The predicted octanol–water partition coefficient (Wildman–Crippen LogP) is 3.10. The van der Waals surface area contributed by atoms with Gasteiger partial charge in [0.15, 0.2) is 0 Å². The molecule has 0 saturated carbocycles. The molecule has 0 radical (unpaired) electrons. The molecule has 0 saturated heterocycles. The van der Waals surface area contributed by atoms with Crippen LogP contribution in [0.2, 0.25) is 0 Å². The van der Waals surface area contributed by atoms with Crippen LogP contribution in [0.4, 0.5) is 13.2 Å². The highest BCUT2D eigenvalue weighted by atomic mass is 35.5. The van der Waals surface area contributed by atoms with Gasteiger partial charge in [0.25, 0.3) is 0 Å². The first kappa shape index (κ1) is 15.6. The molecule has 6 heteroatoms. The van der Waals surface area contributed by atoms with Crippen molar-refractivity contribution in [2.75, 3.05) is 5.88 Å². The summed E-state index contributed by atoms with van der Waals surface area (Å²) in [6, 6.07) is -0.248. The first-order chi connectivity index (χ1) is 7.24. The average Bonchev–Trinajstić information content (AvgIpc) is 2.12. The minimum Gasteiger partial charge on any atom is -0.352 e. The van der Waals surface area contributed by atoms with E-state index in [-0.39, 0.29) is 11.9 Å². The highest BCUT2D eigenvalue weighted by Gasteiger charge is 2.28. The lowest BCUT2D eigenvalue weighted by atomic mass is 10.1. The molecule has 0 fully saturated rings. The van der Waals surface area contributed by atoms with Crippen LogP contribution in [-0.4, -0.2) is 24.0 Å². The van der Waals surface area contributed by atoms with E-state index >= 15 is 0 Å². The third kappa shape index (κ3) is 8.83. The van der Waals surface area contributed by atoms with Crippen molar-refractivity contribution in [1.29, 1.82) is 0 Å². The second-order valence-corrected chi connectivity index (χ2v) is 4.47. The zero-order valence-electron chi connectivity index (χ0n) is 9.40. The van der Waals surface area contributed by atoms with Gasteiger partial charge in [0.2, 0.25) is 5.91 Å². The third-order valence-corrected chi connectivity index (χ3v) is 2.32. The molecular formula is C10H17ClF3NO. The van der Waals surface area contributed by atoms with Gasteiger partial charge < -0.3 is 5.32 Å². The smallest absolute Gasteiger partial charge is 0.352 e. The molecule has 0 aromatic carbocycles. The van der Waals surface area contributed by atoms with E-state index in [0.717, 1.165) is 0 Å². The molecule has 1 atom stereocenters. The lowest BCUT2D eigenvalue weighted by Gasteiger charge is -2.18. The number of hydrogen-bond acceptors (Lipinski definition) is 1. The van der Waals surface area contributed by atoms with Gasteiger partial charge in [0, 0.05) is 18.3 Å². The van der Waals surface area contributed by atoms with Gasteiger partial charge in [-0.2, -0.15) is 13.2 Å². The minimum absolute atomic E-state index is 0.218. The number of hydrogen-bond donors (Lipinski definition) is 1. The van der Waals surface area contributed by atoms with E-state index < -0.39 is 24.9 Å². The van der Waals surface area contributed by atoms with Gasteiger partial charge in [-0.15, -0.1) is 11.6 Å². The fraction of sp³-hybridized carbons (Fsp3) is 0.900. The van der Waals surface area contributed by atoms with Gasteiger partial charge in [-0.05, 0) is 12.3 Å². The second kappa shape index (κ2) is 6.99. The van der Waals surface area contributed by atoms with Gasteiger partial charge in [0.05, 0.1) is 6.42 Å². The van der Waals surface area contributed by atoms with Gasteiger partial charge in [-0.25, -0.2) is 0 Å². The molecule has 0 rings (SSSR count). The molecule has 16 heavy (non-hydrogen) atoms. The van der Waals surface area contributed by atoms with Crippen LogP contribution in [0, 0.1) is 5.92 Å². The molecule has 1 unspecified atom stereocenters. The van der Waals surface area contributed by atoms with E-state index in [4.69, 9.17) is 11.6 Å². The van der Waals surface area contributed by atoms with E-state index in [2.05, 4.69) is 5.32 Å². The Balaban J connectivity index is 3.92. The SMILES string of the molecule is CC(C)CC(CCl)NC(=O)CCC(F)(F)F. The average molecular weight is 260 g/mol. The van der Waals surface area contributed by atoms with Crippen LogP contribution in [-0.2, 0) is 4.79 Å². The summed E-state index contributed by atoms with van der Waals surface area (Å²) < 4.78 is 35.5. The van der Waals surface area contributed by atoms with Gasteiger partial charge in [0.1, 0.15) is 0 Å². The number of halogens is 4. The molecular weight excluding hydrogens is 243 g/mol. The Bertz CT molecular complexity index is 219. The molecule has 0 heterocycles. The van der Waals surface area contributed by atoms with Gasteiger partial charge in [-0.3, -0.25) is 4.79 Å². The minimum atomic E-state index is -4.29. The summed E-state index contributed by atoms with van der Waals surface area (Å²) in [4.78, 5) is 11.2. The highest BCUT2D eigenvalue weighted by molar-refractivity contribution is 6.18. The maximum atomic E-state index is 11.8. The molecule has 0 spiro atoms.